The van der Waals surface area contributed by atoms with Crippen molar-refractivity contribution >= 4 is 15.9 Å². The molecule has 0 aliphatic carbocycles. The molecule has 1 N–H and O–H groups in total. The zero-order valence-corrected chi connectivity index (χ0v) is 13.1. The van der Waals surface area contributed by atoms with Gasteiger partial charge >= 0.3 is 6.18 Å². The van der Waals surface area contributed by atoms with Crippen LogP contribution in [0.15, 0.2) is 22.7 Å². The van der Waals surface area contributed by atoms with Crippen molar-refractivity contribution in [2.24, 2.45) is 0 Å². The summed E-state index contributed by atoms with van der Waals surface area (Å²) in [6, 6.07) is 3.91. The van der Waals surface area contributed by atoms with Gasteiger partial charge in [0.15, 0.2) is 0 Å². The molecule has 0 radical (unpaired) electrons. The zero-order valence-electron chi connectivity index (χ0n) is 11.5. The molecule has 5 heteroatoms. The van der Waals surface area contributed by atoms with Gasteiger partial charge in [-0.1, -0.05) is 61.0 Å². The van der Waals surface area contributed by atoms with Crippen LogP contribution >= 0.6 is 15.9 Å². The normalized spacial score (nSPS) is 13.5. The molecule has 0 aromatic heterocycles. The summed E-state index contributed by atoms with van der Waals surface area (Å²) in [7, 11) is 0. The van der Waals surface area contributed by atoms with Gasteiger partial charge in [0.1, 0.15) is 0 Å². The first-order chi connectivity index (χ1) is 9.36. The number of benzene rings is 1. The zero-order chi connectivity index (χ0) is 15.2. The molecular formula is C15H20BrF3O. The van der Waals surface area contributed by atoms with Crippen LogP contribution in [0.5, 0.6) is 0 Å². The summed E-state index contributed by atoms with van der Waals surface area (Å²) in [6.45, 7) is 2.12. The molecule has 1 aromatic rings. The van der Waals surface area contributed by atoms with Crippen LogP contribution in [0.1, 0.15) is 62.7 Å². The molecule has 20 heavy (non-hydrogen) atoms. The molecule has 0 saturated heterocycles. The van der Waals surface area contributed by atoms with Gasteiger partial charge in [0.05, 0.1) is 11.7 Å². The standard InChI is InChI=1S/C15H20BrF3O/c1-2-3-4-5-6-7-14(20)11-8-9-13(16)12(10-11)15(17,18)19/h8-10,14,20H,2-7H2,1H3. The van der Waals surface area contributed by atoms with Gasteiger partial charge in [0.25, 0.3) is 0 Å². The minimum Gasteiger partial charge on any atom is -0.388 e. The lowest BCUT2D eigenvalue weighted by molar-refractivity contribution is -0.138. The molecule has 1 rings (SSSR count). The largest absolute Gasteiger partial charge is 0.417 e. The maximum absolute atomic E-state index is 12.8. The fourth-order valence-corrected chi connectivity index (χ4v) is 2.55. The van der Waals surface area contributed by atoms with Crippen LogP contribution in [0, 0.1) is 0 Å². The maximum atomic E-state index is 12.8. The Balaban J connectivity index is 2.62. The van der Waals surface area contributed by atoms with Crippen LogP contribution in [-0.4, -0.2) is 5.11 Å². The third kappa shape index (κ3) is 5.44. The van der Waals surface area contributed by atoms with E-state index in [1.54, 1.807) is 0 Å². The first-order valence-electron chi connectivity index (χ1n) is 6.91. The van der Waals surface area contributed by atoms with E-state index in [1.165, 1.54) is 12.1 Å². The van der Waals surface area contributed by atoms with Crippen molar-refractivity contribution in [3.05, 3.63) is 33.8 Å². The van der Waals surface area contributed by atoms with E-state index in [4.69, 9.17) is 0 Å². The second kappa shape index (κ2) is 8.03. The lowest BCUT2D eigenvalue weighted by atomic mass is 10.0. The van der Waals surface area contributed by atoms with Crippen LogP contribution in [0.25, 0.3) is 0 Å². The van der Waals surface area contributed by atoms with Crippen LogP contribution in [-0.2, 0) is 6.18 Å². The van der Waals surface area contributed by atoms with Crippen molar-refractivity contribution in [2.75, 3.05) is 0 Å². The first kappa shape index (κ1) is 17.5. The average Bonchev–Trinajstić information content (AvgIpc) is 2.37. The van der Waals surface area contributed by atoms with Crippen LogP contribution in [0.3, 0.4) is 0 Å². The van der Waals surface area contributed by atoms with Crippen LogP contribution in [0.4, 0.5) is 13.2 Å². The Morgan fingerprint density at radius 3 is 2.40 bits per heavy atom. The molecule has 0 fully saturated rings. The SMILES string of the molecule is CCCCCCCC(O)c1ccc(Br)c(C(F)(F)F)c1. The highest BCUT2D eigenvalue weighted by atomic mass is 79.9. The number of alkyl halides is 3. The second-order valence-corrected chi connectivity index (χ2v) is 5.81. The third-order valence-electron chi connectivity index (χ3n) is 3.26. The van der Waals surface area contributed by atoms with Gasteiger partial charge < -0.3 is 5.11 Å². The van der Waals surface area contributed by atoms with Crippen molar-refractivity contribution in [3.63, 3.8) is 0 Å². The van der Waals surface area contributed by atoms with E-state index in [0.717, 1.165) is 38.2 Å². The van der Waals surface area contributed by atoms with Crippen molar-refractivity contribution < 1.29 is 18.3 Å². The highest BCUT2D eigenvalue weighted by Gasteiger charge is 2.33. The van der Waals surface area contributed by atoms with E-state index in [-0.39, 0.29) is 4.47 Å². The maximum Gasteiger partial charge on any atom is 0.417 e. The van der Waals surface area contributed by atoms with E-state index in [9.17, 15) is 18.3 Å². The summed E-state index contributed by atoms with van der Waals surface area (Å²) in [4.78, 5) is 0. The van der Waals surface area contributed by atoms with Crippen molar-refractivity contribution in [3.8, 4) is 0 Å². The predicted molar refractivity (Wildman–Crippen MR) is 77.5 cm³/mol. The number of aliphatic hydroxyl groups excluding tert-OH is 1. The third-order valence-corrected chi connectivity index (χ3v) is 3.95. The fraction of sp³-hybridized carbons (Fsp3) is 0.600. The molecule has 0 amide bonds. The Labute approximate surface area is 126 Å². The summed E-state index contributed by atoms with van der Waals surface area (Å²) in [5.74, 6) is 0. The van der Waals surface area contributed by atoms with Crippen LogP contribution < -0.4 is 0 Å². The van der Waals surface area contributed by atoms with Crippen molar-refractivity contribution in [2.45, 2.75) is 57.7 Å². The Kier molecular flexibility index (Phi) is 7.03. The number of unbranched alkanes of at least 4 members (excludes halogenated alkanes) is 4. The monoisotopic (exact) mass is 352 g/mol. The van der Waals surface area contributed by atoms with E-state index in [1.807, 2.05) is 0 Å². The second-order valence-electron chi connectivity index (χ2n) is 4.96. The Bertz CT molecular complexity index is 418. The Hall–Kier alpha value is -0.550. The van der Waals surface area contributed by atoms with E-state index in [2.05, 4.69) is 22.9 Å². The predicted octanol–water partition coefficient (Wildman–Crippen LogP) is 5.86. The van der Waals surface area contributed by atoms with Gasteiger partial charge in [0, 0.05) is 4.47 Å². The molecule has 0 spiro atoms. The number of hydrogen-bond acceptors (Lipinski definition) is 1. The molecule has 0 bridgehead atoms. The number of rotatable bonds is 7. The summed E-state index contributed by atoms with van der Waals surface area (Å²) in [5.41, 5.74) is -0.406. The Morgan fingerprint density at radius 1 is 1.15 bits per heavy atom. The van der Waals surface area contributed by atoms with E-state index in [0.29, 0.717) is 12.0 Å². The molecule has 0 aliphatic rings. The fourth-order valence-electron chi connectivity index (χ4n) is 2.08. The average molecular weight is 353 g/mol. The minimum atomic E-state index is -4.41. The summed E-state index contributed by atoms with van der Waals surface area (Å²) in [5, 5.41) is 9.98. The molecule has 1 nitrogen and oxygen atoms in total. The van der Waals surface area contributed by atoms with Gasteiger partial charge in [-0.15, -0.1) is 0 Å². The highest BCUT2D eigenvalue weighted by Crippen LogP contribution is 2.36. The summed E-state index contributed by atoms with van der Waals surface area (Å²) < 4.78 is 38.3. The summed E-state index contributed by atoms with van der Waals surface area (Å²) in [6.07, 6.45) is 0.518. The molecular weight excluding hydrogens is 333 g/mol. The number of aliphatic hydroxyl groups is 1. The molecule has 0 aliphatic heterocycles. The van der Waals surface area contributed by atoms with Crippen LogP contribution in [0.2, 0.25) is 0 Å². The number of hydrogen-bond donors (Lipinski definition) is 1. The summed E-state index contributed by atoms with van der Waals surface area (Å²) >= 11 is 2.89. The van der Waals surface area contributed by atoms with E-state index < -0.39 is 17.8 Å². The molecule has 0 heterocycles. The van der Waals surface area contributed by atoms with Gasteiger partial charge in [0.2, 0.25) is 0 Å². The topological polar surface area (TPSA) is 20.2 Å². The van der Waals surface area contributed by atoms with Gasteiger partial charge in [-0.25, -0.2) is 0 Å². The van der Waals surface area contributed by atoms with Gasteiger partial charge in [-0.3, -0.25) is 0 Å². The van der Waals surface area contributed by atoms with Gasteiger partial charge in [-0.2, -0.15) is 13.2 Å². The first-order valence-corrected chi connectivity index (χ1v) is 7.70. The smallest absolute Gasteiger partial charge is 0.388 e. The van der Waals surface area contributed by atoms with E-state index >= 15 is 0 Å². The highest BCUT2D eigenvalue weighted by molar-refractivity contribution is 9.10. The quantitative estimate of drug-likeness (QED) is 0.609. The van der Waals surface area contributed by atoms with Gasteiger partial charge in [-0.05, 0) is 24.1 Å². The van der Waals surface area contributed by atoms with Crippen molar-refractivity contribution in [1.29, 1.82) is 0 Å². The molecule has 1 atom stereocenters. The lowest BCUT2D eigenvalue weighted by Gasteiger charge is -2.15. The molecule has 1 aromatic carbocycles. The molecule has 1 unspecified atom stereocenters. The molecule has 0 saturated carbocycles. The number of halogens is 4. The molecule has 114 valence electrons. The Morgan fingerprint density at radius 2 is 1.80 bits per heavy atom. The lowest BCUT2D eigenvalue weighted by Crippen LogP contribution is -2.08. The minimum absolute atomic E-state index is 0.00361. The van der Waals surface area contributed by atoms with Crippen molar-refractivity contribution in [1.82, 2.24) is 0 Å².